The van der Waals surface area contributed by atoms with E-state index in [2.05, 4.69) is 29.8 Å². The van der Waals surface area contributed by atoms with Crippen LogP contribution in [-0.2, 0) is 15.1 Å². The van der Waals surface area contributed by atoms with Crippen LogP contribution in [-0.4, -0.2) is 25.0 Å². The summed E-state index contributed by atoms with van der Waals surface area (Å²) in [6.45, 7) is 4.21. The molecule has 0 bridgehead atoms. The fourth-order valence-corrected chi connectivity index (χ4v) is 4.30. The molecule has 2 aromatic rings. The maximum absolute atomic E-state index is 13.3. The molecule has 1 fully saturated rings. The van der Waals surface area contributed by atoms with Crippen molar-refractivity contribution in [1.29, 1.82) is 0 Å². The van der Waals surface area contributed by atoms with E-state index in [0.717, 1.165) is 17.0 Å². The molecule has 0 radical (unpaired) electrons. The first-order chi connectivity index (χ1) is 13.5. The van der Waals surface area contributed by atoms with E-state index >= 15 is 0 Å². The highest BCUT2D eigenvalue weighted by atomic mass is 16.5. The number of carbonyl (C=O) groups is 2. The summed E-state index contributed by atoms with van der Waals surface area (Å²) in [5.74, 6) is 0.197. The van der Waals surface area contributed by atoms with E-state index in [4.69, 9.17) is 4.74 Å². The van der Waals surface area contributed by atoms with E-state index in [1.54, 1.807) is 31.4 Å². The third kappa shape index (κ3) is 2.85. The van der Waals surface area contributed by atoms with Gasteiger partial charge in [-0.15, -0.1) is 0 Å². The number of fused-ring (bicyclic) bond motifs is 2. The van der Waals surface area contributed by atoms with Crippen LogP contribution in [0.1, 0.15) is 25.8 Å². The van der Waals surface area contributed by atoms with Gasteiger partial charge in [0.15, 0.2) is 0 Å². The fraction of sp³-hybridized carbons (Fsp3) is 0.364. The lowest BCUT2D eigenvalue weighted by Gasteiger charge is -2.29. The molecule has 0 aromatic heterocycles. The van der Waals surface area contributed by atoms with Crippen molar-refractivity contribution < 1.29 is 14.3 Å². The summed E-state index contributed by atoms with van der Waals surface area (Å²) in [5.41, 5.74) is 1.26. The molecule has 146 valence electrons. The van der Waals surface area contributed by atoms with E-state index in [1.807, 2.05) is 24.3 Å². The lowest BCUT2D eigenvalue weighted by atomic mass is 9.79. The zero-order valence-electron chi connectivity index (χ0n) is 16.3. The summed E-state index contributed by atoms with van der Waals surface area (Å²) in [6, 6.07) is 14.9. The number of anilines is 2. The molecule has 4 rings (SSSR count). The van der Waals surface area contributed by atoms with Gasteiger partial charge in [0.2, 0.25) is 11.8 Å². The average Bonchev–Trinajstić information content (AvgIpc) is 3.23. The van der Waals surface area contributed by atoms with Crippen molar-refractivity contribution in [3.63, 3.8) is 0 Å². The van der Waals surface area contributed by atoms with Crippen LogP contribution in [0.4, 0.5) is 11.4 Å². The molecular formula is C22H25N3O3. The second-order valence-electron chi connectivity index (χ2n) is 7.81. The number of ether oxygens (including phenoxy) is 1. The molecule has 3 N–H and O–H groups in total. The Kier molecular flexibility index (Phi) is 4.59. The second kappa shape index (κ2) is 6.95. The summed E-state index contributed by atoms with van der Waals surface area (Å²) in [7, 11) is 1.60. The molecular weight excluding hydrogens is 354 g/mol. The first-order valence-electron chi connectivity index (χ1n) is 9.59. The molecule has 1 spiro atoms. The number of hydrogen-bond donors (Lipinski definition) is 3. The highest BCUT2D eigenvalue weighted by Gasteiger charge is 2.60. The quantitative estimate of drug-likeness (QED) is 0.763. The number of nitrogens with one attached hydrogen (secondary N) is 3. The number of carbonyl (C=O) groups excluding carboxylic acids is 2. The minimum Gasteiger partial charge on any atom is -0.497 e. The minimum atomic E-state index is -1.04. The summed E-state index contributed by atoms with van der Waals surface area (Å²) in [4.78, 5) is 26.4. The van der Waals surface area contributed by atoms with Crippen LogP contribution >= 0.6 is 0 Å². The van der Waals surface area contributed by atoms with Crippen molar-refractivity contribution in [1.82, 2.24) is 5.32 Å². The van der Waals surface area contributed by atoms with Gasteiger partial charge in [0, 0.05) is 23.0 Å². The molecule has 1 saturated heterocycles. The van der Waals surface area contributed by atoms with E-state index in [9.17, 15) is 9.59 Å². The van der Waals surface area contributed by atoms with Crippen LogP contribution in [0.3, 0.4) is 0 Å². The second-order valence-corrected chi connectivity index (χ2v) is 7.81. The van der Waals surface area contributed by atoms with Gasteiger partial charge in [-0.05, 0) is 42.7 Å². The van der Waals surface area contributed by atoms with E-state index in [-0.39, 0.29) is 17.9 Å². The number of amides is 2. The number of methoxy groups -OCH3 is 1. The van der Waals surface area contributed by atoms with Crippen LogP contribution in [0, 0.1) is 11.8 Å². The van der Waals surface area contributed by atoms with Crippen molar-refractivity contribution in [2.45, 2.75) is 31.8 Å². The van der Waals surface area contributed by atoms with Gasteiger partial charge in [-0.3, -0.25) is 14.9 Å². The Labute approximate surface area is 164 Å². The third-order valence-corrected chi connectivity index (χ3v) is 5.86. The van der Waals surface area contributed by atoms with Gasteiger partial charge in [-0.1, -0.05) is 32.0 Å². The van der Waals surface area contributed by atoms with Crippen LogP contribution in [0.5, 0.6) is 5.75 Å². The van der Waals surface area contributed by atoms with Gasteiger partial charge in [0.25, 0.3) is 0 Å². The SMILES string of the molecule is COc1ccc(NC(=O)[C@H]2C[C@H](C(C)C)N[C@@]23C(=O)Nc2ccccc23)cc1. The zero-order chi connectivity index (χ0) is 19.9. The first-order valence-corrected chi connectivity index (χ1v) is 9.59. The monoisotopic (exact) mass is 379 g/mol. The molecule has 2 aliphatic heterocycles. The molecule has 2 aromatic carbocycles. The van der Waals surface area contributed by atoms with Crippen molar-refractivity contribution in [3.8, 4) is 5.75 Å². The molecule has 0 unspecified atom stereocenters. The summed E-state index contributed by atoms with van der Waals surface area (Å²) < 4.78 is 5.17. The van der Waals surface area contributed by atoms with E-state index in [0.29, 0.717) is 18.0 Å². The summed E-state index contributed by atoms with van der Waals surface area (Å²) in [6.07, 6.45) is 0.599. The highest BCUT2D eigenvalue weighted by Crippen LogP contribution is 2.48. The van der Waals surface area contributed by atoms with Gasteiger partial charge < -0.3 is 15.4 Å². The minimum absolute atomic E-state index is 0.0727. The van der Waals surface area contributed by atoms with E-state index < -0.39 is 11.5 Å². The smallest absolute Gasteiger partial charge is 0.250 e. The maximum Gasteiger partial charge on any atom is 0.250 e. The van der Waals surface area contributed by atoms with Crippen LogP contribution in [0.25, 0.3) is 0 Å². The molecule has 28 heavy (non-hydrogen) atoms. The Morgan fingerprint density at radius 3 is 2.57 bits per heavy atom. The van der Waals surface area contributed by atoms with Crippen LogP contribution in [0.15, 0.2) is 48.5 Å². The molecule has 2 heterocycles. The maximum atomic E-state index is 13.3. The Morgan fingerprint density at radius 1 is 1.18 bits per heavy atom. The normalized spacial score (nSPS) is 25.6. The fourth-order valence-electron chi connectivity index (χ4n) is 4.30. The molecule has 0 saturated carbocycles. The predicted octanol–water partition coefficient (Wildman–Crippen LogP) is 3.12. The number of para-hydroxylation sites is 1. The standard InChI is InChI=1S/C22H25N3O3/c1-13(2)19-12-17(20(26)23-14-8-10-15(28-3)11-9-14)22(25-19)16-6-4-5-7-18(16)24-21(22)27/h4-11,13,17,19,25H,12H2,1-3H3,(H,23,26)(H,24,27)/t17-,19-,22-/m1/s1. The Bertz CT molecular complexity index is 909. The molecule has 6 nitrogen and oxygen atoms in total. The Balaban J connectivity index is 1.69. The Hall–Kier alpha value is -2.86. The van der Waals surface area contributed by atoms with Gasteiger partial charge in [-0.2, -0.15) is 0 Å². The Morgan fingerprint density at radius 2 is 1.89 bits per heavy atom. The lowest BCUT2D eigenvalue weighted by molar-refractivity contribution is -0.130. The topological polar surface area (TPSA) is 79.5 Å². The van der Waals surface area contributed by atoms with Gasteiger partial charge >= 0.3 is 0 Å². The number of hydrogen-bond acceptors (Lipinski definition) is 4. The first kappa shape index (κ1) is 18.5. The zero-order valence-corrected chi connectivity index (χ0v) is 16.3. The lowest BCUT2D eigenvalue weighted by Crippen LogP contribution is -2.52. The van der Waals surface area contributed by atoms with Gasteiger partial charge in [0.05, 0.1) is 13.0 Å². The molecule has 2 amide bonds. The summed E-state index contributed by atoms with van der Waals surface area (Å²) in [5, 5.41) is 9.45. The van der Waals surface area contributed by atoms with Crippen LogP contribution < -0.4 is 20.7 Å². The van der Waals surface area contributed by atoms with Crippen molar-refractivity contribution >= 4 is 23.2 Å². The van der Waals surface area contributed by atoms with Crippen molar-refractivity contribution in [3.05, 3.63) is 54.1 Å². The largest absolute Gasteiger partial charge is 0.497 e. The average molecular weight is 379 g/mol. The predicted molar refractivity (Wildman–Crippen MR) is 108 cm³/mol. The van der Waals surface area contributed by atoms with E-state index in [1.165, 1.54) is 0 Å². The molecule has 3 atom stereocenters. The molecule has 2 aliphatic rings. The third-order valence-electron chi connectivity index (χ3n) is 5.86. The van der Waals surface area contributed by atoms with Crippen molar-refractivity contribution in [2.24, 2.45) is 11.8 Å². The number of benzene rings is 2. The van der Waals surface area contributed by atoms with Crippen molar-refractivity contribution in [2.75, 3.05) is 17.7 Å². The molecule has 6 heteroatoms. The number of rotatable bonds is 4. The summed E-state index contributed by atoms with van der Waals surface area (Å²) >= 11 is 0. The van der Waals surface area contributed by atoms with Gasteiger partial charge in [-0.25, -0.2) is 0 Å². The highest BCUT2D eigenvalue weighted by molar-refractivity contribution is 6.10. The van der Waals surface area contributed by atoms with Gasteiger partial charge in [0.1, 0.15) is 11.3 Å². The van der Waals surface area contributed by atoms with Crippen LogP contribution in [0.2, 0.25) is 0 Å². The molecule has 0 aliphatic carbocycles.